The predicted molar refractivity (Wildman–Crippen MR) is 243 cm³/mol. The third-order valence-corrected chi connectivity index (χ3v) is 13.7. The lowest BCUT2D eigenvalue weighted by molar-refractivity contribution is -0.327. The molecule has 0 bridgehead atoms. The van der Waals surface area contributed by atoms with Crippen molar-refractivity contribution < 1.29 is 78.1 Å². The second-order valence-electron chi connectivity index (χ2n) is 20.6. The Hall–Kier alpha value is -2.14. The molecule has 18 heteroatoms. The number of methoxy groups -OCH3 is 2. The molecule has 4 heterocycles. The first-order valence-electron chi connectivity index (χ1n) is 23.7. The van der Waals surface area contributed by atoms with Crippen LogP contribution in [0.3, 0.4) is 0 Å². The third-order valence-electron chi connectivity index (χ3n) is 13.7. The number of carbonyl (C=O) groups is 2. The second kappa shape index (κ2) is 24.1. The molecule has 4 saturated heterocycles. The van der Waals surface area contributed by atoms with Gasteiger partial charge in [-0.3, -0.25) is 9.59 Å². The van der Waals surface area contributed by atoms with Gasteiger partial charge in [0.25, 0.3) is 0 Å². The van der Waals surface area contributed by atoms with Crippen molar-refractivity contribution in [2.45, 2.75) is 242 Å². The number of aliphatic hydroxyl groups excluding tert-OH is 4. The summed E-state index contributed by atoms with van der Waals surface area (Å²) >= 11 is 0. The quantitative estimate of drug-likeness (QED) is 0.0608. The highest BCUT2D eigenvalue weighted by atomic mass is 16.7. The summed E-state index contributed by atoms with van der Waals surface area (Å²) in [6.45, 7) is 17.5. The topological polar surface area (TPSA) is 253 Å². The minimum absolute atomic E-state index is 0.00236. The Morgan fingerprint density at radius 2 is 0.970 bits per heavy atom. The molecular formula is C48H84N2O16. The van der Waals surface area contributed by atoms with Crippen LogP contribution in [0.25, 0.3) is 0 Å². The third kappa shape index (κ3) is 15.2. The summed E-state index contributed by atoms with van der Waals surface area (Å²) in [5, 5.41) is 70.9. The van der Waals surface area contributed by atoms with E-state index in [1.165, 1.54) is 28.1 Å². The van der Waals surface area contributed by atoms with E-state index in [1.807, 2.05) is 13.8 Å². The number of allylic oxidation sites excluding steroid dienone is 4. The van der Waals surface area contributed by atoms with Gasteiger partial charge in [0.1, 0.15) is 48.7 Å². The molecule has 0 aromatic heterocycles. The lowest BCUT2D eigenvalue weighted by Gasteiger charge is -2.51. The van der Waals surface area contributed by atoms with Crippen molar-refractivity contribution in [3.63, 3.8) is 0 Å². The van der Waals surface area contributed by atoms with E-state index in [4.69, 9.17) is 37.9 Å². The molecule has 66 heavy (non-hydrogen) atoms. The van der Waals surface area contributed by atoms with Gasteiger partial charge in [0.05, 0.1) is 60.0 Å². The fourth-order valence-electron chi connectivity index (χ4n) is 9.59. The summed E-state index contributed by atoms with van der Waals surface area (Å²) in [5.74, 6) is -0.832. The van der Waals surface area contributed by atoms with Gasteiger partial charge in [-0.15, -0.1) is 0 Å². The molecule has 4 aliphatic rings. The van der Waals surface area contributed by atoms with E-state index in [0.29, 0.717) is 51.4 Å². The molecule has 8 N–H and O–H groups in total. The summed E-state index contributed by atoms with van der Waals surface area (Å²) in [6.07, 6.45) is -0.856. The zero-order valence-electron chi connectivity index (χ0n) is 41.5. The molecular weight excluding hydrogens is 861 g/mol. The molecule has 16 atom stereocenters. The van der Waals surface area contributed by atoms with Gasteiger partial charge in [0, 0.05) is 28.1 Å². The summed E-state index contributed by atoms with van der Waals surface area (Å²) in [5.41, 5.74) is -1.79. The highest BCUT2D eigenvalue weighted by molar-refractivity contribution is 5.73. The lowest BCUT2D eigenvalue weighted by Crippen LogP contribution is -2.67. The van der Waals surface area contributed by atoms with E-state index in [1.54, 1.807) is 27.7 Å². The maximum absolute atomic E-state index is 12.2. The van der Waals surface area contributed by atoms with Crippen LogP contribution in [0, 0.1) is 0 Å². The van der Waals surface area contributed by atoms with Crippen molar-refractivity contribution in [1.82, 2.24) is 10.6 Å². The highest BCUT2D eigenvalue weighted by Crippen LogP contribution is 2.42. The van der Waals surface area contributed by atoms with Crippen LogP contribution in [-0.4, -0.2) is 178 Å². The largest absolute Gasteiger partial charge is 0.388 e. The number of amides is 2. The van der Waals surface area contributed by atoms with Crippen molar-refractivity contribution in [3.8, 4) is 0 Å². The predicted octanol–water partition coefficient (Wildman–Crippen LogP) is 2.60. The first-order chi connectivity index (χ1) is 30.7. The molecule has 2 amide bonds. The Labute approximate surface area is 392 Å². The van der Waals surface area contributed by atoms with Gasteiger partial charge in [-0.25, -0.2) is 0 Å². The highest BCUT2D eigenvalue weighted by Gasteiger charge is 2.54. The number of rotatable bonds is 21. The van der Waals surface area contributed by atoms with Crippen LogP contribution < -0.4 is 10.6 Å². The molecule has 0 saturated carbocycles. The van der Waals surface area contributed by atoms with Crippen LogP contribution >= 0.6 is 0 Å². The molecule has 0 aliphatic carbocycles. The number of nitrogens with one attached hydrogen (secondary N) is 2. The summed E-state index contributed by atoms with van der Waals surface area (Å²) in [4.78, 5) is 24.4. The molecule has 4 rings (SSSR count). The molecule has 4 fully saturated rings. The van der Waals surface area contributed by atoms with Crippen LogP contribution in [0.1, 0.15) is 133 Å². The van der Waals surface area contributed by atoms with Gasteiger partial charge in [0.2, 0.25) is 11.8 Å². The molecule has 0 spiro atoms. The van der Waals surface area contributed by atoms with Crippen LogP contribution in [0.5, 0.6) is 0 Å². The minimum atomic E-state index is -1.37. The zero-order valence-corrected chi connectivity index (χ0v) is 41.5. The van der Waals surface area contributed by atoms with Gasteiger partial charge in [0.15, 0.2) is 12.6 Å². The van der Waals surface area contributed by atoms with Crippen molar-refractivity contribution in [3.05, 3.63) is 23.3 Å². The zero-order chi connectivity index (χ0) is 49.4. The number of aliphatic hydroxyl groups is 6. The Morgan fingerprint density at radius 3 is 1.27 bits per heavy atom. The number of hydrogen-bond donors (Lipinski definition) is 8. The van der Waals surface area contributed by atoms with Crippen molar-refractivity contribution in [2.24, 2.45) is 0 Å². The van der Waals surface area contributed by atoms with E-state index >= 15 is 0 Å². The lowest BCUT2D eigenvalue weighted by atomic mass is 9.81. The summed E-state index contributed by atoms with van der Waals surface area (Å²) in [7, 11) is 2.93. The number of hydrogen-bond acceptors (Lipinski definition) is 16. The summed E-state index contributed by atoms with van der Waals surface area (Å²) in [6, 6.07) is -2.10. The smallest absolute Gasteiger partial charge is 0.217 e. The second-order valence-corrected chi connectivity index (χ2v) is 20.6. The molecule has 0 aromatic rings. The molecule has 18 nitrogen and oxygen atoms in total. The van der Waals surface area contributed by atoms with Gasteiger partial charge >= 0.3 is 0 Å². The van der Waals surface area contributed by atoms with E-state index in [0.717, 1.165) is 24.0 Å². The van der Waals surface area contributed by atoms with E-state index in [2.05, 4.69) is 36.6 Å². The Bertz CT molecular complexity index is 1500. The molecule has 0 aromatic carbocycles. The maximum atomic E-state index is 12.2. The van der Waals surface area contributed by atoms with Crippen molar-refractivity contribution >= 4 is 11.8 Å². The fourth-order valence-corrected chi connectivity index (χ4v) is 9.59. The van der Waals surface area contributed by atoms with Gasteiger partial charge in [-0.2, -0.15) is 0 Å². The fraction of sp³-hybridized carbons (Fsp3) is 0.875. The normalized spacial score (nSPS) is 38.5. The summed E-state index contributed by atoms with van der Waals surface area (Å²) < 4.78 is 49.2. The first-order valence-corrected chi connectivity index (χ1v) is 23.7. The Balaban J connectivity index is 1.42. The van der Waals surface area contributed by atoms with Gasteiger partial charge in [-0.1, -0.05) is 23.3 Å². The van der Waals surface area contributed by atoms with Crippen molar-refractivity contribution in [2.75, 3.05) is 27.4 Å². The molecule has 4 aliphatic heterocycles. The van der Waals surface area contributed by atoms with Crippen molar-refractivity contribution in [1.29, 1.82) is 0 Å². The van der Waals surface area contributed by atoms with Gasteiger partial charge < -0.3 is 79.2 Å². The van der Waals surface area contributed by atoms with E-state index in [-0.39, 0.29) is 13.2 Å². The average Bonchev–Trinajstić information content (AvgIpc) is 3.21. The number of ether oxygens (including phenoxy) is 8. The minimum Gasteiger partial charge on any atom is -0.388 e. The molecule has 382 valence electrons. The number of carbonyl (C=O) groups excluding carboxylic acids is 2. The van der Waals surface area contributed by atoms with E-state index in [9.17, 15) is 40.2 Å². The van der Waals surface area contributed by atoms with Crippen LogP contribution in [0.15, 0.2) is 23.3 Å². The Kier molecular flexibility index (Phi) is 20.6. The van der Waals surface area contributed by atoms with E-state index < -0.39 is 120 Å². The van der Waals surface area contributed by atoms with Gasteiger partial charge in [-0.05, 0) is 120 Å². The molecule has 16 unspecified atom stereocenters. The van der Waals surface area contributed by atoms with Crippen LogP contribution in [0.4, 0.5) is 0 Å². The van der Waals surface area contributed by atoms with Crippen LogP contribution in [0.2, 0.25) is 0 Å². The standard InChI is InChI=1S/C48H84N2O16/c1-27(17-19-35-47(9,23-21-33(63-35)45(5,6)57)65-43-37(49-29(3)51)41(55)39(53)31(61-43)25-59-11)15-13-14-16-28(2)18-20-36-48(10,24-22-34(64-36)46(7,8)58)66-44-38(50-30(4)52)42(56)40(54)32(62-44)26-60-12/h15-16,31-44,53-58H,13-14,17-26H2,1-12H3,(H,49,51)(H,50,52). The number of unbranched alkanes of at least 4 members (excludes halogenated alkanes) is 1. The monoisotopic (exact) mass is 945 g/mol. The Morgan fingerprint density at radius 1 is 0.621 bits per heavy atom. The first kappa shape index (κ1) is 56.4. The average molecular weight is 945 g/mol. The molecule has 0 radical (unpaired) electrons. The SMILES string of the molecule is COCC1OC(OC2(C)CCC(C(C)(C)O)OC2CCC(C)=CCCC=C(C)CCC2OC(C(C)(C)O)CCC2(C)OC2OC(COC)C(O)C(O)C2NC(C)=O)C(NC(C)=O)C(O)C1O. The maximum Gasteiger partial charge on any atom is 0.217 e. The van der Waals surface area contributed by atoms with Crippen LogP contribution in [-0.2, 0) is 47.5 Å².